The predicted octanol–water partition coefficient (Wildman–Crippen LogP) is 2.50. The lowest BCUT2D eigenvalue weighted by atomic mass is 10.1. The molecular formula is C23H23N3O5. The van der Waals surface area contributed by atoms with Gasteiger partial charge in [0, 0.05) is 31.6 Å². The molecule has 2 aromatic rings. The molecule has 4 amide bonds. The highest BCUT2D eigenvalue weighted by Gasteiger charge is 2.30. The van der Waals surface area contributed by atoms with E-state index in [0.29, 0.717) is 30.1 Å². The molecule has 0 spiro atoms. The Bertz CT molecular complexity index is 1010. The fourth-order valence-electron chi connectivity index (χ4n) is 3.74. The highest BCUT2D eigenvalue weighted by molar-refractivity contribution is 6.20. The maximum Gasteiger partial charge on any atom is 0.255 e. The van der Waals surface area contributed by atoms with Crippen molar-refractivity contribution in [2.45, 2.75) is 31.8 Å². The summed E-state index contributed by atoms with van der Waals surface area (Å²) in [5.41, 5.74) is 1.35. The number of nitrogens with one attached hydrogen (secondary N) is 2. The minimum atomic E-state index is -0.444. The Morgan fingerprint density at radius 2 is 1.77 bits per heavy atom. The summed E-state index contributed by atoms with van der Waals surface area (Å²) in [7, 11) is 0. The number of carbonyl (C=O) groups excluding carboxylic acids is 4. The number of rotatable bonds is 6. The molecule has 2 aliphatic heterocycles. The van der Waals surface area contributed by atoms with Gasteiger partial charge in [-0.05, 0) is 43.2 Å². The second-order valence-electron chi connectivity index (χ2n) is 7.52. The Hall–Kier alpha value is -3.52. The van der Waals surface area contributed by atoms with Crippen molar-refractivity contribution in [3.05, 3.63) is 59.7 Å². The van der Waals surface area contributed by atoms with Crippen LogP contribution in [-0.4, -0.2) is 42.9 Å². The molecule has 1 unspecified atom stereocenters. The molecular weight excluding hydrogens is 398 g/mol. The number of hydrogen-bond acceptors (Lipinski definition) is 5. The molecule has 8 nitrogen and oxygen atoms in total. The third-order valence-electron chi connectivity index (χ3n) is 5.35. The van der Waals surface area contributed by atoms with Gasteiger partial charge in [-0.1, -0.05) is 18.2 Å². The zero-order valence-electron chi connectivity index (χ0n) is 16.9. The number of ether oxygens (including phenoxy) is 1. The van der Waals surface area contributed by atoms with Gasteiger partial charge in [0.1, 0.15) is 0 Å². The summed E-state index contributed by atoms with van der Waals surface area (Å²) in [6, 6.07) is 13.1. The van der Waals surface area contributed by atoms with Crippen molar-refractivity contribution in [2.75, 3.05) is 23.4 Å². The van der Waals surface area contributed by atoms with Crippen LogP contribution in [0, 0.1) is 0 Å². The fourth-order valence-corrected chi connectivity index (χ4v) is 3.74. The molecule has 0 saturated carbocycles. The molecule has 2 saturated heterocycles. The number of carbonyl (C=O) groups is 4. The summed E-state index contributed by atoms with van der Waals surface area (Å²) in [4.78, 5) is 50.5. The van der Waals surface area contributed by atoms with Crippen LogP contribution in [0.1, 0.15) is 46.4 Å². The summed E-state index contributed by atoms with van der Waals surface area (Å²) in [5.74, 6) is -1.31. The third-order valence-corrected chi connectivity index (χ3v) is 5.35. The minimum absolute atomic E-state index is 0.0180. The van der Waals surface area contributed by atoms with Gasteiger partial charge in [0.15, 0.2) is 0 Å². The van der Waals surface area contributed by atoms with Gasteiger partial charge in [-0.25, -0.2) is 0 Å². The first-order valence-corrected chi connectivity index (χ1v) is 10.3. The van der Waals surface area contributed by atoms with Crippen LogP contribution in [0.25, 0.3) is 0 Å². The number of benzene rings is 2. The zero-order valence-corrected chi connectivity index (χ0v) is 16.9. The molecule has 0 radical (unpaired) electrons. The molecule has 8 heteroatoms. The normalized spacial score (nSPS) is 18.3. The van der Waals surface area contributed by atoms with Gasteiger partial charge in [0.05, 0.1) is 23.0 Å². The lowest BCUT2D eigenvalue weighted by Crippen LogP contribution is -2.32. The van der Waals surface area contributed by atoms with Crippen molar-refractivity contribution in [1.82, 2.24) is 5.32 Å². The third kappa shape index (κ3) is 4.64. The van der Waals surface area contributed by atoms with E-state index in [0.717, 1.165) is 17.7 Å². The summed E-state index contributed by atoms with van der Waals surface area (Å²) in [6.45, 7) is 1.13. The Morgan fingerprint density at radius 3 is 2.52 bits per heavy atom. The average molecular weight is 421 g/mol. The summed E-state index contributed by atoms with van der Waals surface area (Å²) in [6.07, 6.45) is 2.26. The van der Waals surface area contributed by atoms with Crippen molar-refractivity contribution in [3.63, 3.8) is 0 Å². The van der Waals surface area contributed by atoms with Crippen LogP contribution in [0.3, 0.4) is 0 Å². The molecule has 0 aromatic heterocycles. The maximum atomic E-state index is 12.8. The number of para-hydroxylation sites is 1. The van der Waals surface area contributed by atoms with Gasteiger partial charge in [0.25, 0.3) is 11.8 Å². The van der Waals surface area contributed by atoms with Crippen LogP contribution >= 0.6 is 0 Å². The van der Waals surface area contributed by atoms with Crippen LogP contribution in [0.2, 0.25) is 0 Å². The van der Waals surface area contributed by atoms with Crippen LogP contribution in [0.5, 0.6) is 0 Å². The highest BCUT2D eigenvalue weighted by Crippen LogP contribution is 2.24. The summed E-state index contributed by atoms with van der Waals surface area (Å²) >= 11 is 0. The molecule has 31 heavy (non-hydrogen) atoms. The van der Waals surface area contributed by atoms with E-state index in [-0.39, 0.29) is 42.2 Å². The molecule has 160 valence electrons. The topological polar surface area (TPSA) is 105 Å². The number of amides is 4. The van der Waals surface area contributed by atoms with Gasteiger partial charge in [-0.3, -0.25) is 24.1 Å². The van der Waals surface area contributed by atoms with E-state index in [1.165, 1.54) is 6.07 Å². The largest absolute Gasteiger partial charge is 0.376 e. The van der Waals surface area contributed by atoms with Crippen LogP contribution in [-0.2, 0) is 14.3 Å². The first kappa shape index (κ1) is 20.7. The van der Waals surface area contributed by atoms with Crippen LogP contribution in [0.4, 0.5) is 11.4 Å². The van der Waals surface area contributed by atoms with E-state index in [1.807, 2.05) is 0 Å². The zero-order chi connectivity index (χ0) is 21.8. The highest BCUT2D eigenvalue weighted by atomic mass is 16.5. The van der Waals surface area contributed by atoms with Gasteiger partial charge >= 0.3 is 0 Å². The number of nitrogens with zero attached hydrogens (tertiary/aromatic N) is 1. The van der Waals surface area contributed by atoms with Crippen molar-refractivity contribution in [3.8, 4) is 0 Å². The summed E-state index contributed by atoms with van der Waals surface area (Å²) in [5, 5.41) is 5.61. The van der Waals surface area contributed by atoms with Crippen molar-refractivity contribution in [2.24, 2.45) is 0 Å². The van der Waals surface area contributed by atoms with Crippen molar-refractivity contribution < 1.29 is 23.9 Å². The van der Waals surface area contributed by atoms with Gasteiger partial charge in [-0.15, -0.1) is 0 Å². The molecule has 0 bridgehead atoms. The number of imide groups is 1. The smallest absolute Gasteiger partial charge is 0.255 e. The number of hydrogen-bond donors (Lipinski definition) is 2. The molecule has 4 rings (SSSR count). The number of anilines is 2. The predicted molar refractivity (Wildman–Crippen MR) is 114 cm³/mol. The standard InChI is InChI=1S/C23H23N3O5/c27-20-10-11-21(28)26(20)16-6-3-5-15(13-16)22(29)25-19-9-2-1-8-18(19)23(30)24-14-17-7-4-12-31-17/h1-3,5-6,8-9,13,17H,4,7,10-12,14H2,(H,24,30)(H,25,29). The molecule has 2 fully saturated rings. The van der Waals surface area contributed by atoms with Gasteiger partial charge in [-0.2, -0.15) is 0 Å². The van der Waals surface area contributed by atoms with E-state index in [9.17, 15) is 19.2 Å². The van der Waals surface area contributed by atoms with E-state index >= 15 is 0 Å². The maximum absolute atomic E-state index is 12.8. The Morgan fingerprint density at radius 1 is 1.00 bits per heavy atom. The first-order chi connectivity index (χ1) is 15.0. The Kier molecular flexibility index (Phi) is 6.08. The second-order valence-corrected chi connectivity index (χ2v) is 7.52. The van der Waals surface area contributed by atoms with Gasteiger partial charge in [0.2, 0.25) is 11.8 Å². The molecule has 2 heterocycles. The second kappa shape index (κ2) is 9.09. The lowest BCUT2D eigenvalue weighted by molar-refractivity contribution is -0.121. The van der Waals surface area contributed by atoms with Crippen LogP contribution < -0.4 is 15.5 Å². The molecule has 2 aromatic carbocycles. The lowest BCUT2D eigenvalue weighted by Gasteiger charge is -2.16. The van der Waals surface area contributed by atoms with Crippen molar-refractivity contribution >= 4 is 35.0 Å². The Labute approximate surface area is 179 Å². The average Bonchev–Trinajstić information content (AvgIpc) is 3.42. The monoisotopic (exact) mass is 421 g/mol. The molecule has 2 N–H and O–H groups in total. The van der Waals surface area contributed by atoms with Crippen molar-refractivity contribution in [1.29, 1.82) is 0 Å². The SMILES string of the molecule is O=C(Nc1ccccc1C(=O)NCC1CCCO1)c1cccc(N2C(=O)CCC2=O)c1. The van der Waals surface area contributed by atoms with Crippen LogP contribution in [0.15, 0.2) is 48.5 Å². The van der Waals surface area contributed by atoms with E-state index in [1.54, 1.807) is 42.5 Å². The van der Waals surface area contributed by atoms with E-state index < -0.39 is 5.91 Å². The van der Waals surface area contributed by atoms with E-state index in [4.69, 9.17) is 4.74 Å². The first-order valence-electron chi connectivity index (χ1n) is 10.3. The Balaban J connectivity index is 1.48. The van der Waals surface area contributed by atoms with E-state index in [2.05, 4.69) is 10.6 Å². The minimum Gasteiger partial charge on any atom is -0.376 e. The molecule has 0 aliphatic carbocycles. The summed E-state index contributed by atoms with van der Waals surface area (Å²) < 4.78 is 5.52. The molecule has 1 atom stereocenters. The molecule has 2 aliphatic rings. The quantitative estimate of drug-likeness (QED) is 0.698. The fraction of sp³-hybridized carbons (Fsp3) is 0.304. The van der Waals surface area contributed by atoms with Gasteiger partial charge < -0.3 is 15.4 Å².